The molecular formula is C20H21N5O. The number of hydrogen-bond donors (Lipinski definition) is 1. The fraction of sp³-hybridized carbons (Fsp3) is 0.300. The lowest BCUT2D eigenvalue weighted by molar-refractivity contribution is 0.196. The van der Waals surface area contributed by atoms with Gasteiger partial charge in [0, 0.05) is 55.4 Å². The van der Waals surface area contributed by atoms with Crippen LogP contribution in [0.3, 0.4) is 0 Å². The Kier molecular flexibility index (Phi) is 4.84. The molecule has 1 aliphatic rings. The van der Waals surface area contributed by atoms with E-state index >= 15 is 0 Å². The monoisotopic (exact) mass is 347 g/mol. The lowest BCUT2D eigenvalue weighted by Crippen LogP contribution is -2.35. The lowest BCUT2D eigenvalue weighted by atomic mass is 9.96. The number of nitrogens with one attached hydrogen (secondary N) is 1. The van der Waals surface area contributed by atoms with E-state index < -0.39 is 0 Å². The number of aromatic amines is 1. The molecule has 0 amide bonds. The molecule has 1 unspecified atom stereocenters. The summed E-state index contributed by atoms with van der Waals surface area (Å²) in [4.78, 5) is 30.5. The lowest BCUT2D eigenvalue weighted by Gasteiger charge is -2.32. The number of likely N-dealkylation sites (tertiary alicyclic amines) is 1. The molecule has 6 heteroatoms. The van der Waals surface area contributed by atoms with E-state index in [0.717, 1.165) is 43.9 Å². The first kappa shape index (κ1) is 16.6. The highest BCUT2D eigenvalue weighted by atomic mass is 16.1. The maximum Gasteiger partial charge on any atom is 0.251 e. The summed E-state index contributed by atoms with van der Waals surface area (Å²) in [6.45, 7) is 2.85. The number of hydrogen-bond acceptors (Lipinski definition) is 5. The molecule has 0 bridgehead atoms. The summed E-state index contributed by atoms with van der Waals surface area (Å²) in [7, 11) is 0. The molecule has 132 valence electrons. The minimum Gasteiger partial charge on any atom is -0.310 e. The molecule has 3 aromatic heterocycles. The van der Waals surface area contributed by atoms with Crippen LogP contribution in [0.15, 0.2) is 59.9 Å². The Balaban J connectivity index is 1.55. The van der Waals surface area contributed by atoms with Crippen LogP contribution in [-0.4, -0.2) is 37.9 Å². The van der Waals surface area contributed by atoms with Crippen LogP contribution in [0.1, 0.15) is 30.1 Å². The SMILES string of the molecule is O=c1cc(-c2cccnc2)nc(C2CCCN(Cc3ccncc3)C2)[nH]1. The third-order valence-electron chi connectivity index (χ3n) is 4.77. The summed E-state index contributed by atoms with van der Waals surface area (Å²) in [5.41, 5.74) is 2.69. The zero-order valence-electron chi connectivity index (χ0n) is 14.5. The zero-order chi connectivity index (χ0) is 17.8. The third-order valence-corrected chi connectivity index (χ3v) is 4.77. The second-order valence-electron chi connectivity index (χ2n) is 6.69. The topological polar surface area (TPSA) is 74.8 Å². The summed E-state index contributed by atoms with van der Waals surface area (Å²) in [6.07, 6.45) is 9.24. The van der Waals surface area contributed by atoms with Crippen LogP contribution in [0, 0.1) is 0 Å². The Bertz CT molecular complexity index is 910. The summed E-state index contributed by atoms with van der Waals surface area (Å²) < 4.78 is 0. The molecule has 0 saturated carbocycles. The molecule has 1 aliphatic heterocycles. The number of H-pyrrole nitrogens is 1. The molecule has 4 rings (SSSR count). The van der Waals surface area contributed by atoms with Gasteiger partial charge in [-0.25, -0.2) is 4.98 Å². The highest BCUT2D eigenvalue weighted by molar-refractivity contribution is 5.56. The van der Waals surface area contributed by atoms with Gasteiger partial charge in [-0.1, -0.05) is 0 Å². The quantitative estimate of drug-likeness (QED) is 0.785. The van der Waals surface area contributed by atoms with Gasteiger partial charge in [0.05, 0.1) is 5.69 Å². The van der Waals surface area contributed by atoms with E-state index in [1.165, 1.54) is 11.6 Å². The minimum atomic E-state index is -0.111. The van der Waals surface area contributed by atoms with Crippen molar-refractivity contribution in [2.75, 3.05) is 13.1 Å². The first-order valence-electron chi connectivity index (χ1n) is 8.91. The van der Waals surface area contributed by atoms with Crippen LogP contribution in [-0.2, 0) is 6.54 Å². The molecule has 0 aliphatic carbocycles. The normalized spacial score (nSPS) is 17.9. The van der Waals surface area contributed by atoms with E-state index in [-0.39, 0.29) is 11.5 Å². The molecule has 6 nitrogen and oxygen atoms in total. The van der Waals surface area contributed by atoms with Crippen LogP contribution in [0.2, 0.25) is 0 Å². The molecule has 0 aromatic carbocycles. The van der Waals surface area contributed by atoms with Gasteiger partial charge in [0.15, 0.2) is 0 Å². The largest absolute Gasteiger partial charge is 0.310 e. The fourth-order valence-electron chi connectivity index (χ4n) is 3.50. The maximum absolute atomic E-state index is 12.2. The Morgan fingerprint density at radius 3 is 2.85 bits per heavy atom. The van der Waals surface area contributed by atoms with Gasteiger partial charge < -0.3 is 4.98 Å². The number of nitrogens with zero attached hydrogens (tertiary/aromatic N) is 4. The highest BCUT2D eigenvalue weighted by Gasteiger charge is 2.23. The van der Waals surface area contributed by atoms with Crippen molar-refractivity contribution < 1.29 is 0 Å². The Hall–Kier alpha value is -2.86. The van der Waals surface area contributed by atoms with Crippen molar-refractivity contribution in [3.63, 3.8) is 0 Å². The van der Waals surface area contributed by atoms with Crippen molar-refractivity contribution in [2.24, 2.45) is 0 Å². The summed E-state index contributed by atoms with van der Waals surface area (Å²) in [6, 6.07) is 9.42. The predicted molar refractivity (Wildman–Crippen MR) is 99.6 cm³/mol. The molecule has 1 fully saturated rings. The molecule has 1 atom stereocenters. The molecular weight excluding hydrogens is 326 g/mol. The van der Waals surface area contributed by atoms with Crippen molar-refractivity contribution in [1.82, 2.24) is 24.8 Å². The number of pyridine rings is 2. The second kappa shape index (κ2) is 7.58. The number of piperidine rings is 1. The van der Waals surface area contributed by atoms with E-state index in [1.54, 1.807) is 12.4 Å². The average Bonchev–Trinajstić information content (AvgIpc) is 2.69. The molecule has 26 heavy (non-hydrogen) atoms. The zero-order valence-corrected chi connectivity index (χ0v) is 14.5. The van der Waals surface area contributed by atoms with Crippen molar-refractivity contribution in [3.05, 3.63) is 76.9 Å². The first-order valence-corrected chi connectivity index (χ1v) is 8.91. The minimum absolute atomic E-state index is 0.111. The predicted octanol–water partition coefficient (Wildman–Crippen LogP) is 2.61. The summed E-state index contributed by atoms with van der Waals surface area (Å²) in [5.74, 6) is 1.01. The average molecular weight is 347 g/mol. The maximum atomic E-state index is 12.2. The van der Waals surface area contributed by atoms with Gasteiger partial charge >= 0.3 is 0 Å². The molecule has 1 saturated heterocycles. The van der Waals surface area contributed by atoms with Crippen LogP contribution >= 0.6 is 0 Å². The fourth-order valence-corrected chi connectivity index (χ4v) is 3.50. The second-order valence-corrected chi connectivity index (χ2v) is 6.69. The molecule has 1 N–H and O–H groups in total. The Labute approximate surface area is 152 Å². The van der Waals surface area contributed by atoms with Gasteiger partial charge in [0.2, 0.25) is 0 Å². The van der Waals surface area contributed by atoms with E-state index in [0.29, 0.717) is 5.69 Å². The smallest absolute Gasteiger partial charge is 0.251 e. The molecule has 4 heterocycles. The van der Waals surface area contributed by atoms with Crippen molar-refractivity contribution >= 4 is 0 Å². The van der Waals surface area contributed by atoms with Crippen molar-refractivity contribution in [1.29, 1.82) is 0 Å². The van der Waals surface area contributed by atoms with Gasteiger partial charge in [-0.15, -0.1) is 0 Å². The van der Waals surface area contributed by atoms with Gasteiger partial charge in [0.1, 0.15) is 5.82 Å². The van der Waals surface area contributed by atoms with Gasteiger partial charge in [-0.3, -0.25) is 19.7 Å². The summed E-state index contributed by atoms with van der Waals surface area (Å²) >= 11 is 0. The van der Waals surface area contributed by atoms with E-state index in [2.05, 4.69) is 19.9 Å². The molecule has 3 aromatic rings. The van der Waals surface area contributed by atoms with Crippen LogP contribution in [0.5, 0.6) is 0 Å². The third kappa shape index (κ3) is 3.86. The van der Waals surface area contributed by atoms with Crippen LogP contribution in [0.25, 0.3) is 11.3 Å². The molecule has 0 radical (unpaired) electrons. The summed E-state index contributed by atoms with van der Waals surface area (Å²) in [5, 5.41) is 0. The van der Waals surface area contributed by atoms with Crippen LogP contribution in [0.4, 0.5) is 0 Å². The van der Waals surface area contributed by atoms with Gasteiger partial charge in [-0.05, 0) is 49.2 Å². The number of rotatable bonds is 4. The first-order chi connectivity index (χ1) is 12.8. The standard InChI is InChI=1S/C20H21N5O/c26-19-11-18(16-3-1-7-22-12-16)23-20(24-19)17-4-2-10-25(14-17)13-15-5-8-21-9-6-15/h1,3,5-9,11-12,17H,2,4,10,13-14H2,(H,23,24,26). The Morgan fingerprint density at radius 2 is 2.04 bits per heavy atom. The van der Waals surface area contributed by atoms with Crippen molar-refractivity contribution in [2.45, 2.75) is 25.3 Å². The van der Waals surface area contributed by atoms with Crippen molar-refractivity contribution in [3.8, 4) is 11.3 Å². The van der Waals surface area contributed by atoms with Crippen LogP contribution < -0.4 is 5.56 Å². The van der Waals surface area contributed by atoms with E-state index in [9.17, 15) is 4.79 Å². The van der Waals surface area contributed by atoms with E-state index in [1.807, 2.05) is 36.7 Å². The molecule has 0 spiro atoms. The van der Waals surface area contributed by atoms with E-state index in [4.69, 9.17) is 4.98 Å². The Morgan fingerprint density at radius 1 is 1.15 bits per heavy atom. The highest BCUT2D eigenvalue weighted by Crippen LogP contribution is 2.26. The van der Waals surface area contributed by atoms with Gasteiger partial charge in [-0.2, -0.15) is 0 Å². The van der Waals surface area contributed by atoms with Gasteiger partial charge in [0.25, 0.3) is 5.56 Å². The number of aromatic nitrogens is 4.